The van der Waals surface area contributed by atoms with Gasteiger partial charge in [0.1, 0.15) is 5.82 Å². The highest BCUT2D eigenvalue weighted by Crippen LogP contribution is 2.46. The van der Waals surface area contributed by atoms with Crippen molar-refractivity contribution in [2.45, 2.75) is 26.8 Å². The Kier molecular flexibility index (Phi) is 4.69. The summed E-state index contributed by atoms with van der Waals surface area (Å²) < 4.78 is 13.7. The maximum absolute atomic E-state index is 13.7. The van der Waals surface area contributed by atoms with Gasteiger partial charge in [-0.15, -0.1) is 0 Å². The molecule has 2 heterocycles. The molecule has 2 aromatic carbocycles. The molecule has 3 atom stereocenters. The first-order valence-electron chi connectivity index (χ1n) is 9.75. The highest BCUT2D eigenvalue weighted by molar-refractivity contribution is 5.96. The Balaban J connectivity index is 1.63. The fraction of sp³-hybridized carbons (Fsp3) is 0.391. The van der Waals surface area contributed by atoms with Crippen LogP contribution in [-0.2, 0) is 4.79 Å². The number of carbonyl (C=O) groups excluding carboxylic acids is 2. The third kappa shape index (κ3) is 3.09. The van der Waals surface area contributed by atoms with Gasteiger partial charge >= 0.3 is 0 Å². The van der Waals surface area contributed by atoms with Crippen molar-refractivity contribution in [3.8, 4) is 0 Å². The van der Waals surface area contributed by atoms with Gasteiger partial charge in [0.05, 0.1) is 6.04 Å². The van der Waals surface area contributed by atoms with Crippen LogP contribution in [0.3, 0.4) is 0 Å². The van der Waals surface area contributed by atoms with Gasteiger partial charge in [-0.1, -0.05) is 30.3 Å². The Morgan fingerprint density at radius 2 is 1.75 bits per heavy atom. The van der Waals surface area contributed by atoms with Gasteiger partial charge in [-0.05, 0) is 42.7 Å². The van der Waals surface area contributed by atoms with Crippen LogP contribution >= 0.6 is 0 Å². The average Bonchev–Trinajstić information content (AvgIpc) is 3.22. The second-order valence-corrected chi connectivity index (χ2v) is 8.07. The summed E-state index contributed by atoms with van der Waals surface area (Å²) in [5, 5.41) is 0. The largest absolute Gasteiger partial charge is 0.338 e. The third-order valence-corrected chi connectivity index (χ3v) is 6.29. The van der Waals surface area contributed by atoms with Crippen LogP contribution in [0.4, 0.5) is 4.39 Å². The van der Waals surface area contributed by atoms with Crippen LogP contribution in [0.2, 0.25) is 0 Å². The molecule has 0 N–H and O–H groups in total. The molecule has 2 aliphatic rings. The van der Waals surface area contributed by atoms with Crippen molar-refractivity contribution in [3.05, 3.63) is 70.5 Å². The quantitative estimate of drug-likeness (QED) is 0.796. The van der Waals surface area contributed by atoms with E-state index in [1.54, 1.807) is 13.0 Å². The molecule has 0 saturated carbocycles. The molecule has 5 heteroatoms. The van der Waals surface area contributed by atoms with Gasteiger partial charge in [-0.25, -0.2) is 4.39 Å². The maximum atomic E-state index is 13.7. The third-order valence-electron chi connectivity index (χ3n) is 6.29. The number of rotatable bonds is 2. The SMILES string of the molecule is CC(=O)N1C[C@H]2CN(C(=O)c3cc(F)ccc3C)C[C@H]2[C@@H]1c1ccccc1C. The summed E-state index contributed by atoms with van der Waals surface area (Å²) in [6, 6.07) is 12.5. The molecular weight excluding hydrogens is 355 g/mol. The minimum absolute atomic E-state index is 0.0184. The second-order valence-electron chi connectivity index (χ2n) is 8.07. The number of amides is 2. The van der Waals surface area contributed by atoms with Gasteiger partial charge in [0.2, 0.25) is 5.91 Å². The smallest absolute Gasteiger partial charge is 0.254 e. The highest BCUT2D eigenvalue weighted by Gasteiger charge is 2.49. The van der Waals surface area contributed by atoms with Crippen LogP contribution < -0.4 is 0 Å². The topological polar surface area (TPSA) is 40.6 Å². The van der Waals surface area contributed by atoms with Gasteiger partial charge in [-0.2, -0.15) is 0 Å². The number of hydrogen-bond donors (Lipinski definition) is 0. The van der Waals surface area contributed by atoms with E-state index in [1.165, 1.54) is 12.1 Å². The van der Waals surface area contributed by atoms with E-state index in [1.807, 2.05) is 28.9 Å². The van der Waals surface area contributed by atoms with E-state index < -0.39 is 5.82 Å². The zero-order chi connectivity index (χ0) is 20.0. The number of likely N-dealkylation sites (tertiary alicyclic amines) is 2. The molecule has 0 bridgehead atoms. The maximum Gasteiger partial charge on any atom is 0.254 e. The lowest BCUT2D eigenvalue weighted by Crippen LogP contribution is -2.37. The first kappa shape index (κ1) is 18.7. The summed E-state index contributed by atoms with van der Waals surface area (Å²) in [5.41, 5.74) is 3.52. The highest BCUT2D eigenvalue weighted by atomic mass is 19.1. The number of benzene rings is 2. The monoisotopic (exact) mass is 380 g/mol. The summed E-state index contributed by atoms with van der Waals surface area (Å²) in [5.74, 6) is -0.00571. The van der Waals surface area contributed by atoms with Gasteiger partial charge < -0.3 is 9.80 Å². The summed E-state index contributed by atoms with van der Waals surface area (Å²) in [6.45, 7) is 7.36. The molecule has 4 rings (SSSR count). The Labute approximate surface area is 164 Å². The molecule has 2 fully saturated rings. The zero-order valence-corrected chi connectivity index (χ0v) is 16.5. The molecule has 2 saturated heterocycles. The van der Waals surface area contributed by atoms with Crippen molar-refractivity contribution >= 4 is 11.8 Å². The standard InChI is InChI=1S/C23H25FN2O2/c1-14-6-4-5-7-19(14)22-21-13-25(11-17(21)12-26(22)16(3)27)23(28)20-10-18(24)9-8-15(20)2/h4-10,17,21-22H,11-13H2,1-3H3/t17-,21-,22+/m1/s1. The molecule has 146 valence electrons. The number of halogens is 1. The first-order chi connectivity index (χ1) is 13.4. The molecule has 28 heavy (non-hydrogen) atoms. The summed E-state index contributed by atoms with van der Waals surface area (Å²) in [7, 11) is 0. The van der Waals surface area contributed by atoms with E-state index in [2.05, 4.69) is 19.1 Å². The van der Waals surface area contributed by atoms with Crippen LogP contribution in [0, 0.1) is 31.5 Å². The van der Waals surface area contributed by atoms with Crippen LogP contribution in [-0.4, -0.2) is 41.2 Å². The van der Waals surface area contributed by atoms with E-state index in [9.17, 15) is 14.0 Å². The van der Waals surface area contributed by atoms with Gasteiger partial charge in [-0.3, -0.25) is 9.59 Å². The van der Waals surface area contributed by atoms with Crippen molar-refractivity contribution in [2.24, 2.45) is 11.8 Å². The Hall–Kier alpha value is -2.69. The molecule has 2 amide bonds. The van der Waals surface area contributed by atoms with Crippen molar-refractivity contribution in [3.63, 3.8) is 0 Å². The molecule has 2 aromatic rings. The Morgan fingerprint density at radius 3 is 2.46 bits per heavy atom. The van der Waals surface area contributed by atoms with E-state index in [4.69, 9.17) is 0 Å². The lowest BCUT2D eigenvalue weighted by atomic mass is 9.87. The normalized spacial score (nSPS) is 23.8. The van der Waals surface area contributed by atoms with Crippen molar-refractivity contribution < 1.29 is 14.0 Å². The minimum Gasteiger partial charge on any atom is -0.338 e. The second kappa shape index (κ2) is 7.04. The predicted octanol–water partition coefficient (Wildman–Crippen LogP) is 3.73. The zero-order valence-electron chi connectivity index (χ0n) is 16.5. The fourth-order valence-electron chi connectivity index (χ4n) is 4.85. The van der Waals surface area contributed by atoms with Crippen LogP contribution in [0.15, 0.2) is 42.5 Å². The predicted molar refractivity (Wildman–Crippen MR) is 105 cm³/mol. The van der Waals surface area contributed by atoms with E-state index >= 15 is 0 Å². The molecule has 0 spiro atoms. The molecule has 0 unspecified atom stereocenters. The molecule has 0 aliphatic carbocycles. The van der Waals surface area contributed by atoms with Gasteiger partial charge in [0.25, 0.3) is 5.91 Å². The number of fused-ring (bicyclic) bond motifs is 1. The van der Waals surface area contributed by atoms with Crippen molar-refractivity contribution in [2.75, 3.05) is 19.6 Å². The molecule has 4 nitrogen and oxygen atoms in total. The Bertz CT molecular complexity index is 942. The summed E-state index contributed by atoms with van der Waals surface area (Å²) >= 11 is 0. The molecular formula is C23H25FN2O2. The summed E-state index contributed by atoms with van der Waals surface area (Å²) in [4.78, 5) is 29.1. The first-order valence-corrected chi connectivity index (χ1v) is 9.75. The van der Waals surface area contributed by atoms with Gasteiger partial charge in [0.15, 0.2) is 0 Å². The van der Waals surface area contributed by atoms with Crippen LogP contribution in [0.1, 0.15) is 40.0 Å². The average molecular weight is 380 g/mol. The lowest BCUT2D eigenvalue weighted by molar-refractivity contribution is -0.130. The van der Waals surface area contributed by atoms with Crippen molar-refractivity contribution in [1.82, 2.24) is 9.80 Å². The van der Waals surface area contributed by atoms with Crippen LogP contribution in [0.25, 0.3) is 0 Å². The number of nitrogens with zero attached hydrogens (tertiary/aromatic N) is 2. The lowest BCUT2D eigenvalue weighted by Gasteiger charge is -2.30. The van der Waals surface area contributed by atoms with E-state index in [0.29, 0.717) is 25.2 Å². The molecule has 2 aliphatic heterocycles. The van der Waals surface area contributed by atoms with Gasteiger partial charge in [0, 0.05) is 44.0 Å². The number of hydrogen-bond acceptors (Lipinski definition) is 2. The number of carbonyl (C=O) groups is 2. The van der Waals surface area contributed by atoms with E-state index in [-0.39, 0.29) is 29.7 Å². The Morgan fingerprint density at radius 1 is 1.00 bits per heavy atom. The molecule has 0 radical (unpaired) electrons. The van der Waals surface area contributed by atoms with Crippen LogP contribution in [0.5, 0.6) is 0 Å². The number of aryl methyl sites for hydroxylation is 2. The summed E-state index contributed by atoms with van der Waals surface area (Å²) in [6.07, 6.45) is 0. The minimum atomic E-state index is -0.395. The van der Waals surface area contributed by atoms with Crippen molar-refractivity contribution in [1.29, 1.82) is 0 Å². The van der Waals surface area contributed by atoms with E-state index in [0.717, 1.165) is 16.7 Å². The fourth-order valence-corrected chi connectivity index (χ4v) is 4.85. The molecule has 0 aromatic heterocycles.